The third kappa shape index (κ3) is 3.92. The molecule has 114 valence electrons. The molecule has 0 amide bonds. The molecule has 0 heterocycles. The van der Waals surface area contributed by atoms with Gasteiger partial charge in [-0.25, -0.2) is 13.1 Å². The van der Waals surface area contributed by atoms with E-state index >= 15 is 0 Å². The van der Waals surface area contributed by atoms with Crippen molar-refractivity contribution in [3.05, 3.63) is 29.8 Å². The Bertz CT molecular complexity index is 567. The molecule has 1 aromatic carbocycles. The molecule has 0 bridgehead atoms. The van der Waals surface area contributed by atoms with Crippen molar-refractivity contribution in [2.24, 2.45) is 0 Å². The Morgan fingerprint density at radius 2 is 1.75 bits per heavy atom. The van der Waals surface area contributed by atoms with Gasteiger partial charge in [0.25, 0.3) is 0 Å². The molecule has 20 heavy (non-hydrogen) atoms. The van der Waals surface area contributed by atoms with Gasteiger partial charge in [-0.15, -0.1) is 0 Å². The van der Waals surface area contributed by atoms with Crippen LogP contribution in [0, 0.1) is 0 Å². The molecule has 0 saturated heterocycles. The van der Waals surface area contributed by atoms with E-state index in [1.165, 1.54) is 6.92 Å². The fourth-order valence-corrected chi connectivity index (χ4v) is 2.77. The number of benzene rings is 1. The molecule has 0 aliphatic carbocycles. The highest BCUT2D eigenvalue weighted by Gasteiger charge is 2.33. The van der Waals surface area contributed by atoms with Gasteiger partial charge in [-0.3, -0.25) is 0 Å². The summed E-state index contributed by atoms with van der Waals surface area (Å²) in [6.07, 6.45) is -4.66. The molecule has 1 aromatic rings. The normalized spacial score (nSPS) is 13.5. The topological polar surface area (TPSA) is 86.6 Å². The van der Waals surface area contributed by atoms with Crippen LogP contribution in [0.3, 0.4) is 0 Å². The zero-order valence-corrected chi connectivity index (χ0v) is 11.3. The quantitative estimate of drug-likeness (QED) is 0.748. The average molecular weight is 313 g/mol. The monoisotopic (exact) mass is 313 g/mol. The molecule has 0 atom stereocenters. The highest BCUT2D eigenvalue weighted by atomic mass is 32.2. The van der Waals surface area contributed by atoms with Crippen molar-refractivity contribution >= 4 is 10.0 Å². The van der Waals surface area contributed by atoms with Gasteiger partial charge in [0.05, 0.1) is 29.2 Å². The largest absolute Gasteiger partial charge is 0.416 e. The van der Waals surface area contributed by atoms with Crippen molar-refractivity contribution < 1.29 is 31.8 Å². The van der Waals surface area contributed by atoms with Gasteiger partial charge in [0, 0.05) is 0 Å². The van der Waals surface area contributed by atoms with E-state index in [9.17, 15) is 21.6 Å². The van der Waals surface area contributed by atoms with Crippen molar-refractivity contribution in [3.63, 3.8) is 0 Å². The first-order valence-electron chi connectivity index (χ1n) is 5.47. The second kappa shape index (κ2) is 5.68. The van der Waals surface area contributed by atoms with Crippen LogP contribution in [0.4, 0.5) is 13.2 Å². The number of nitrogens with one attached hydrogen (secondary N) is 1. The zero-order chi connectivity index (χ0) is 15.6. The number of aliphatic hydroxyl groups is 2. The van der Waals surface area contributed by atoms with Crippen molar-refractivity contribution in [2.45, 2.75) is 23.5 Å². The smallest absolute Gasteiger partial charge is 0.394 e. The molecule has 3 N–H and O–H groups in total. The third-order valence-corrected chi connectivity index (χ3v) is 4.19. The van der Waals surface area contributed by atoms with Gasteiger partial charge in [0.15, 0.2) is 0 Å². The van der Waals surface area contributed by atoms with Crippen LogP contribution in [0.15, 0.2) is 29.2 Å². The molecule has 0 fully saturated rings. The lowest BCUT2D eigenvalue weighted by atomic mass is 10.1. The number of hydrogen-bond donors (Lipinski definition) is 3. The van der Waals surface area contributed by atoms with E-state index in [0.29, 0.717) is 6.07 Å². The third-order valence-electron chi connectivity index (χ3n) is 2.55. The van der Waals surface area contributed by atoms with Gasteiger partial charge >= 0.3 is 6.18 Å². The minimum Gasteiger partial charge on any atom is -0.394 e. The lowest BCUT2D eigenvalue weighted by molar-refractivity contribution is -0.137. The van der Waals surface area contributed by atoms with Crippen molar-refractivity contribution in [1.29, 1.82) is 0 Å². The van der Waals surface area contributed by atoms with Crippen LogP contribution in [-0.4, -0.2) is 37.4 Å². The molecule has 0 saturated carbocycles. The summed E-state index contributed by atoms with van der Waals surface area (Å²) in [7, 11) is -4.29. The van der Waals surface area contributed by atoms with Crippen molar-refractivity contribution in [2.75, 3.05) is 13.2 Å². The summed E-state index contributed by atoms with van der Waals surface area (Å²) in [5, 5.41) is 18.0. The molecule has 1 rings (SSSR count). The van der Waals surface area contributed by atoms with Crippen LogP contribution in [0.2, 0.25) is 0 Å². The molecule has 0 aliphatic rings. The summed E-state index contributed by atoms with van der Waals surface area (Å²) in [6, 6.07) is 3.19. The first-order chi connectivity index (χ1) is 9.04. The van der Waals surface area contributed by atoms with Gasteiger partial charge in [0.2, 0.25) is 10.0 Å². The molecule has 9 heteroatoms. The maximum Gasteiger partial charge on any atom is 0.416 e. The summed E-state index contributed by atoms with van der Waals surface area (Å²) < 4.78 is 63.5. The molecule has 0 unspecified atom stereocenters. The first kappa shape index (κ1) is 16.9. The van der Waals surface area contributed by atoms with Gasteiger partial charge in [-0.2, -0.15) is 13.2 Å². The lowest BCUT2D eigenvalue weighted by Crippen LogP contribution is -2.51. The molecule has 0 spiro atoms. The Balaban J connectivity index is 3.17. The number of hydrogen-bond acceptors (Lipinski definition) is 4. The van der Waals surface area contributed by atoms with E-state index in [0.717, 1.165) is 18.2 Å². The highest BCUT2D eigenvalue weighted by Crippen LogP contribution is 2.30. The summed E-state index contributed by atoms with van der Waals surface area (Å²) in [6.45, 7) is -0.193. The molecule has 0 radical (unpaired) electrons. The average Bonchev–Trinajstić information content (AvgIpc) is 2.37. The summed E-state index contributed by atoms with van der Waals surface area (Å²) in [5.74, 6) is 0. The summed E-state index contributed by atoms with van der Waals surface area (Å²) >= 11 is 0. The molecular weight excluding hydrogens is 299 g/mol. The van der Waals surface area contributed by atoms with Crippen molar-refractivity contribution in [3.8, 4) is 0 Å². The summed E-state index contributed by atoms with van der Waals surface area (Å²) in [5.41, 5.74) is -2.66. The second-order valence-corrected chi connectivity index (χ2v) is 6.19. The summed E-state index contributed by atoms with van der Waals surface area (Å²) in [4.78, 5) is -0.597. The fourth-order valence-electron chi connectivity index (χ4n) is 1.34. The maximum atomic E-state index is 12.5. The van der Waals surface area contributed by atoms with Crippen LogP contribution in [-0.2, 0) is 16.2 Å². The van der Waals surface area contributed by atoms with E-state index < -0.39 is 45.4 Å². The molecule has 0 aromatic heterocycles. The number of rotatable bonds is 5. The Labute approximate surface area is 114 Å². The van der Waals surface area contributed by atoms with E-state index in [-0.39, 0.29) is 0 Å². The predicted molar refractivity (Wildman–Crippen MR) is 64.3 cm³/mol. The number of alkyl halides is 3. The number of aliphatic hydroxyl groups excluding tert-OH is 2. The van der Waals surface area contributed by atoms with Gasteiger partial charge in [-0.1, -0.05) is 6.07 Å². The van der Waals surface area contributed by atoms with Crippen LogP contribution in [0.5, 0.6) is 0 Å². The molecule has 5 nitrogen and oxygen atoms in total. The van der Waals surface area contributed by atoms with E-state index in [1.54, 1.807) is 0 Å². The zero-order valence-electron chi connectivity index (χ0n) is 10.5. The van der Waals surface area contributed by atoms with Gasteiger partial charge < -0.3 is 10.2 Å². The van der Waals surface area contributed by atoms with Crippen LogP contribution < -0.4 is 4.72 Å². The molecule has 0 aliphatic heterocycles. The maximum absolute atomic E-state index is 12.5. The highest BCUT2D eigenvalue weighted by molar-refractivity contribution is 7.89. The van der Waals surface area contributed by atoms with E-state index in [1.807, 2.05) is 4.72 Å². The van der Waals surface area contributed by atoms with Gasteiger partial charge in [-0.05, 0) is 25.1 Å². The lowest BCUT2D eigenvalue weighted by Gasteiger charge is -2.25. The number of halogens is 3. The standard InChI is InChI=1S/C11H14F3NO4S/c1-10(6-16,7-17)15-20(18,19)9-4-2-3-8(5-9)11(12,13)14/h2-5,15-17H,6-7H2,1H3. The Hall–Kier alpha value is -1.16. The van der Waals surface area contributed by atoms with Crippen LogP contribution in [0.1, 0.15) is 12.5 Å². The fraction of sp³-hybridized carbons (Fsp3) is 0.455. The van der Waals surface area contributed by atoms with E-state index in [2.05, 4.69) is 0 Å². The van der Waals surface area contributed by atoms with Crippen LogP contribution >= 0.6 is 0 Å². The van der Waals surface area contributed by atoms with Crippen LogP contribution in [0.25, 0.3) is 0 Å². The van der Waals surface area contributed by atoms with Crippen molar-refractivity contribution in [1.82, 2.24) is 4.72 Å². The minimum atomic E-state index is -4.66. The Morgan fingerprint density at radius 1 is 1.20 bits per heavy atom. The number of sulfonamides is 1. The Morgan fingerprint density at radius 3 is 2.20 bits per heavy atom. The van der Waals surface area contributed by atoms with Gasteiger partial charge in [0.1, 0.15) is 0 Å². The minimum absolute atomic E-state index is 0.484. The van der Waals surface area contributed by atoms with E-state index in [4.69, 9.17) is 10.2 Å². The predicted octanol–water partition coefficient (Wildman–Crippen LogP) is 0.727. The molecular formula is C11H14F3NO4S. The SMILES string of the molecule is CC(CO)(CO)NS(=O)(=O)c1cccc(C(F)(F)F)c1. The second-order valence-electron chi connectivity index (χ2n) is 4.51. The Kier molecular flexibility index (Phi) is 4.80. The first-order valence-corrected chi connectivity index (χ1v) is 6.95.